The fourth-order valence-electron chi connectivity index (χ4n) is 2.43. The quantitative estimate of drug-likeness (QED) is 0.715. The molecule has 0 saturated carbocycles. The number of aryl methyl sites for hydroxylation is 1. The molecule has 26 heavy (non-hydrogen) atoms. The second-order valence-electron chi connectivity index (χ2n) is 5.44. The summed E-state index contributed by atoms with van der Waals surface area (Å²) >= 11 is 8.50. The number of aromatic nitrogens is 2. The van der Waals surface area contributed by atoms with Gasteiger partial charge in [0, 0.05) is 0 Å². The van der Waals surface area contributed by atoms with Crippen molar-refractivity contribution in [1.29, 1.82) is 5.41 Å². The molecule has 1 aromatic carbocycles. The molecular weight excluding hydrogens is 394 g/mol. The fourth-order valence-corrected chi connectivity index (χ4v) is 4.61. The normalized spacial score (nSPS) is 18.7. The number of ketones is 1. The minimum atomic E-state index is -0.692. The van der Waals surface area contributed by atoms with Crippen LogP contribution in [-0.4, -0.2) is 32.7 Å². The number of ether oxygens (including phenoxy) is 1. The van der Waals surface area contributed by atoms with Gasteiger partial charge in [-0.25, -0.2) is 0 Å². The fraction of sp³-hybridized carbons (Fsp3) is 0.294. The number of aromatic hydroxyl groups is 1. The van der Waals surface area contributed by atoms with Crippen LogP contribution in [0.5, 0.6) is 11.5 Å². The first-order valence-electron chi connectivity index (χ1n) is 7.94. The van der Waals surface area contributed by atoms with E-state index >= 15 is 0 Å². The minimum Gasteiger partial charge on any atom is -0.503 e. The summed E-state index contributed by atoms with van der Waals surface area (Å²) in [4.78, 5) is 13.2. The van der Waals surface area contributed by atoms with E-state index in [0.29, 0.717) is 22.1 Å². The lowest BCUT2D eigenvalue weighted by Gasteiger charge is -2.08. The predicted octanol–water partition coefficient (Wildman–Crippen LogP) is 4.28. The van der Waals surface area contributed by atoms with Crippen LogP contribution in [0.4, 0.5) is 0 Å². The van der Waals surface area contributed by atoms with Crippen molar-refractivity contribution in [2.75, 3.05) is 6.61 Å². The van der Waals surface area contributed by atoms with Gasteiger partial charge in [0.15, 0.2) is 17.3 Å². The van der Waals surface area contributed by atoms with Crippen molar-refractivity contribution < 1.29 is 14.6 Å². The first-order valence-corrected chi connectivity index (χ1v) is 9.95. The molecule has 0 amide bonds. The van der Waals surface area contributed by atoms with Crippen LogP contribution in [0.3, 0.4) is 0 Å². The first-order chi connectivity index (χ1) is 12.4. The Morgan fingerprint density at radius 2 is 2.15 bits per heavy atom. The van der Waals surface area contributed by atoms with Gasteiger partial charge in [-0.1, -0.05) is 30.3 Å². The Balaban J connectivity index is 1.93. The third-order valence-electron chi connectivity index (χ3n) is 3.67. The van der Waals surface area contributed by atoms with Gasteiger partial charge >= 0.3 is 0 Å². The summed E-state index contributed by atoms with van der Waals surface area (Å²) in [5.41, 5.74) is 0.618. The molecule has 0 bridgehead atoms. The van der Waals surface area contributed by atoms with Crippen LogP contribution >= 0.6 is 34.7 Å². The number of benzene rings is 1. The third kappa shape index (κ3) is 3.62. The monoisotopic (exact) mass is 409 g/mol. The van der Waals surface area contributed by atoms with E-state index in [1.807, 2.05) is 6.92 Å². The van der Waals surface area contributed by atoms with Gasteiger partial charge < -0.3 is 9.84 Å². The highest BCUT2D eigenvalue weighted by molar-refractivity contribution is 8.19. The molecule has 136 valence electrons. The van der Waals surface area contributed by atoms with Gasteiger partial charge in [0.25, 0.3) is 0 Å². The van der Waals surface area contributed by atoms with Gasteiger partial charge in [0.2, 0.25) is 0 Å². The topological polar surface area (TPSA) is 96.2 Å². The highest BCUT2D eigenvalue weighted by Gasteiger charge is 2.39. The predicted molar refractivity (Wildman–Crippen MR) is 105 cm³/mol. The molecule has 1 atom stereocenters. The van der Waals surface area contributed by atoms with Gasteiger partial charge in [0.1, 0.15) is 15.9 Å². The molecule has 2 N–H and O–H groups in total. The summed E-state index contributed by atoms with van der Waals surface area (Å²) in [6.45, 7) is 4.14. The van der Waals surface area contributed by atoms with Crippen molar-refractivity contribution in [3.63, 3.8) is 0 Å². The molecule has 3 rings (SSSR count). The van der Waals surface area contributed by atoms with Crippen LogP contribution in [-0.2, 0) is 11.2 Å². The number of nitrogens with one attached hydrogen (secondary N) is 1. The summed E-state index contributed by atoms with van der Waals surface area (Å²) in [5, 5.41) is 28.0. The smallest absolute Gasteiger partial charge is 0.186 e. The van der Waals surface area contributed by atoms with E-state index in [1.54, 1.807) is 25.1 Å². The number of carbonyl (C=O) groups is 1. The number of rotatable bonds is 5. The number of Topliss-reactive ketones (excluding diaryl/α,β-unsaturated/α-hetero) is 1. The van der Waals surface area contributed by atoms with E-state index < -0.39 is 5.92 Å². The number of allylic oxidation sites excluding steroid dienone is 1. The average Bonchev–Trinajstić information content (AvgIpc) is 3.17. The van der Waals surface area contributed by atoms with Gasteiger partial charge in [-0.15, -0.1) is 21.5 Å². The van der Waals surface area contributed by atoms with Crippen molar-refractivity contribution in [1.82, 2.24) is 10.2 Å². The highest BCUT2D eigenvalue weighted by Crippen LogP contribution is 2.42. The molecule has 1 aliphatic rings. The number of thioether (sulfide) groups is 1. The summed E-state index contributed by atoms with van der Waals surface area (Å²) in [6.07, 6.45) is 2.39. The van der Waals surface area contributed by atoms with Gasteiger partial charge in [0.05, 0.1) is 21.6 Å². The van der Waals surface area contributed by atoms with Crippen LogP contribution in [0.25, 0.3) is 6.08 Å². The molecule has 0 spiro atoms. The first kappa shape index (κ1) is 18.9. The lowest BCUT2D eigenvalue weighted by molar-refractivity contribution is -0.114. The van der Waals surface area contributed by atoms with E-state index in [1.165, 1.54) is 11.3 Å². The standard InChI is InChI=1S/C17H16ClN3O3S2/c1-3-12-20-21-17(26-12)13-15(23)11(25-16(13)19)7-8-5-9(18)14(22)10(6-8)24-4-2/h5-7,13,19,22H,3-4H2,1-2H3/b11-7-,19-16?/t13-/m1/s1. The number of carbonyl (C=O) groups excluding carboxylic acids is 1. The molecule has 0 radical (unpaired) electrons. The SMILES string of the molecule is CCOc1cc(/C=C2\SC(=N)[C@H](c3nnc(CC)s3)C2=O)cc(Cl)c1O. The van der Waals surface area contributed by atoms with E-state index in [4.69, 9.17) is 21.7 Å². The summed E-state index contributed by atoms with van der Waals surface area (Å²) in [5.74, 6) is -0.748. The van der Waals surface area contributed by atoms with Crippen LogP contribution in [0.2, 0.25) is 5.02 Å². The number of hydrogen-bond donors (Lipinski definition) is 2. The lowest BCUT2D eigenvalue weighted by atomic mass is 10.0. The Labute approximate surface area is 163 Å². The van der Waals surface area contributed by atoms with Gasteiger partial charge in [-0.3, -0.25) is 10.2 Å². The number of phenols is 1. The van der Waals surface area contributed by atoms with Crippen LogP contribution in [0.1, 0.15) is 35.3 Å². The molecule has 0 aliphatic carbocycles. The maximum absolute atomic E-state index is 12.8. The van der Waals surface area contributed by atoms with Crippen LogP contribution < -0.4 is 4.74 Å². The molecule has 1 fully saturated rings. The van der Waals surface area contributed by atoms with Crippen molar-refractivity contribution in [2.45, 2.75) is 26.2 Å². The summed E-state index contributed by atoms with van der Waals surface area (Å²) in [7, 11) is 0. The molecular formula is C17H16ClN3O3S2. The molecule has 2 aromatic rings. The minimum absolute atomic E-state index is 0.132. The molecule has 9 heteroatoms. The zero-order valence-corrected chi connectivity index (χ0v) is 16.5. The maximum Gasteiger partial charge on any atom is 0.186 e. The van der Waals surface area contributed by atoms with E-state index in [2.05, 4.69) is 10.2 Å². The molecule has 1 aliphatic heterocycles. The Morgan fingerprint density at radius 1 is 1.38 bits per heavy atom. The zero-order chi connectivity index (χ0) is 18.8. The van der Waals surface area contributed by atoms with Crippen LogP contribution in [0, 0.1) is 5.41 Å². The zero-order valence-electron chi connectivity index (χ0n) is 14.1. The average molecular weight is 410 g/mol. The Hall–Kier alpha value is -1.90. The molecule has 6 nitrogen and oxygen atoms in total. The van der Waals surface area contributed by atoms with Crippen molar-refractivity contribution in [2.24, 2.45) is 0 Å². The second kappa shape index (κ2) is 7.77. The molecule has 0 unspecified atom stereocenters. The van der Waals surface area contributed by atoms with Crippen LogP contribution in [0.15, 0.2) is 17.0 Å². The number of hydrogen-bond acceptors (Lipinski definition) is 8. The maximum atomic E-state index is 12.8. The largest absolute Gasteiger partial charge is 0.503 e. The van der Waals surface area contributed by atoms with Crippen molar-refractivity contribution in [3.05, 3.63) is 37.6 Å². The number of phenolic OH excluding ortho intramolecular Hbond substituents is 1. The molecule has 1 saturated heterocycles. The highest BCUT2D eigenvalue weighted by atomic mass is 35.5. The van der Waals surface area contributed by atoms with Gasteiger partial charge in [-0.2, -0.15) is 0 Å². The van der Waals surface area contributed by atoms with Crippen molar-refractivity contribution in [3.8, 4) is 11.5 Å². The third-order valence-corrected chi connectivity index (χ3v) is 6.08. The Bertz CT molecular complexity index is 911. The van der Waals surface area contributed by atoms with Crippen molar-refractivity contribution >= 4 is 51.6 Å². The van der Waals surface area contributed by atoms with E-state index in [0.717, 1.165) is 23.2 Å². The Kier molecular flexibility index (Phi) is 5.64. The van der Waals surface area contributed by atoms with Gasteiger partial charge in [-0.05, 0) is 37.1 Å². The number of nitrogens with zero attached hydrogens (tertiary/aromatic N) is 2. The summed E-state index contributed by atoms with van der Waals surface area (Å²) < 4.78 is 5.36. The number of halogens is 1. The molecule has 2 heterocycles. The Morgan fingerprint density at radius 3 is 2.81 bits per heavy atom. The lowest BCUT2D eigenvalue weighted by Crippen LogP contribution is -2.11. The second-order valence-corrected chi connectivity index (χ2v) is 8.03. The summed E-state index contributed by atoms with van der Waals surface area (Å²) in [6, 6.07) is 3.17. The van der Waals surface area contributed by atoms with E-state index in [9.17, 15) is 9.90 Å². The molecule has 1 aromatic heterocycles. The van der Waals surface area contributed by atoms with E-state index in [-0.39, 0.29) is 27.3 Å².